The van der Waals surface area contributed by atoms with E-state index in [1.165, 1.54) is 7.05 Å². The monoisotopic (exact) mass is 200 g/mol. The lowest BCUT2D eigenvalue weighted by Crippen LogP contribution is -2.21. The van der Waals surface area contributed by atoms with Gasteiger partial charge in [0.1, 0.15) is 0 Å². The first kappa shape index (κ1) is 13.6. The largest absolute Gasteiger partial charge is 0.550 e. The Kier molecular flexibility index (Phi) is 12.4. The van der Waals surface area contributed by atoms with E-state index in [9.17, 15) is 9.90 Å². The molecule has 11 heavy (non-hydrogen) atoms. The topological polar surface area (TPSA) is 43.4 Å². The summed E-state index contributed by atoms with van der Waals surface area (Å²) in [7, 11) is 1.53. The van der Waals surface area contributed by atoms with Crippen LogP contribution in [-0.2, 0) is 4.79 Å². The lowest BCUT2D eigenvalue weighted by atomic mass is 10.3. The minimum absolute atomic E-state index is 0.205. The van der Waals surface area contributed by atoms with E-state index >= 15 is 0 Å². The second kappa shape index (κ2) is 10.0. The van der Waals surface area contributed by atoms with Crippen LogP contribution in [0.4, 0.5) is 0 Å². The minimum atomic E-state index is -0.943. The second-order valence-corrected chi connectivity index (χ2v) is 3.06. The highest BCUT2D eigenvalue weighted by atomic mass is 35.5. The second-order valence-electron chi connectivity index (χ2n) is 1.88. The van der Waals surface area contributed by atoms with E-state index in [1.54, 1.807) is 0 Å². The predicted octanol–water partition coefficient (Wildman–Crippen LogP) is 1.15. The lowest BCUT2D eigenvalue weighted by Gasteiger charge is -1.95. The molecular weight excluding hydrogens is 189 g/mol. The number of carbonyl (C=O) groups excluding carboxylic acids is 1. The molecule has 0 aliphatic carbocycles. The maximum atomic E-state index is 9.65. The molecule has 0 atom stereocenters. The van der Waals surface area contributed by atoms with Gasteiger partial charge in [0.05, 0.1) is 0 Å². The Balaban J connectivity index is 0. The summed E-state index contributed by atoms with van der Waals surface area (Å²) in [6, 6.07) is 0. The Morgan fingerprint density at radius 2 is 1.91 bits per heavy atom. The normalized spacial score (nSPS) is 8.82. The van der Waals surface area contributed by atoms with E-state index in [2.05, 4.69) is 0 Å². The number of unbranched alkanes of at least 4 members (excludes halogenated alkanes) is 1. The van der Waals surface area contributed by atoms with Crippen molar-refractivity contribution in [3.05, 3.63) is 0 Å². The third-order valence-corrected chi connectivity index (χ3v) is 0.734. The fourth-order valence-electron chi connectivity index (χ4n) is 0.321. The van der Waals surface area contributed by atoms with Gasteiger partial charge in [0.2, 0.25) is 0 Å². The Bertz CT molecular complexity index is 95.8. The third kappa shape index (κ3) is 39.9. The lowest BCUT2D eigenvalue weighted by molar-refractivity contribution is -0.305. The van der Waals surface area contributed by atoms with Crippen LogP contribution < -0.4 is 5.11 Å². The molecule has 0 spiro atoms. The van der Waals surface area contributed by atoms with Crippen LogP contribution in [0.15, 0.2) is 0 Å². The Morgan fingerprint density at radius 3 is 2.00 bits per heavy atom. The first-order valence-corrected chi connectivity index (χ1v) is 3.93. The van der Waals surface area contributed by atoms with Crippen LogP contribution in [0.1, 0.15) is 26.2 Å². The van der Waals surface area contributed by atoms with Gasteiger partial charge in [-0.25, -0.2) is 0 Å². The standard InChI is InChI=1S/C5H10O2.CH3Cl2N/c1-2-3-4-5(6)7;1-4(2)3/h2-4H2,1H3,(H,6,7);1H3/p-1. The fourth-order valence-corrected chi connectivity index (χ4v) is 0.321. The zero-order valence-corrected chi connectivity index (χ0v) is 8.15. The highest BCUT2D eigenvalue weighted by Gasteiger charge is 1.80. The number of nitrogens with zero attached hydrogens (tertiary/aromatic N) is 1. The summed E-state index contributed by atoms with van der Waals surface area (Å²) in [5.74, 6) is -0.943. The van der Waals surface area contributed by atoms with Gasteiger partial charge in [0.15, 0.2) is 0 Å². The summed E-state index contributed by atoms with van der Waals surface area (Å²) in [4.78, 5) is 9.65. The molecule has 0 aliphatic heterocycles. The van der Waals surface area contributed by atoms with Crippen LogP contribution in [0, 0.1) is 0 Å². The summed E-state index contributed by atoms with van der Waals surface area (Å²) in [5.41, 5.74) is 0. The van der Waals surface area contributed by atoms with Gasteiger partial charge in [-0.15, -0.1) is 3.94 Å². The Hall–Kier alpha value is 0.01000. The summed E-state index contributed by atoms with van der Waals surface area (Å²) in [6.07, 6.45) is 1.87. The zero-order chi connectivity index (χ0) is 9.28. The molecule has 0 rings (SSSR count). The number of aliphatic carboxylic acids is 1. The smallest absolute Gasteiger partial charge is 0.0414 e. The number of carboxylic acids is 1. The fraction of sp³-hybridized carbons (Fsp3) is 0.833. The molecule has 0 saturated heterocycles. The summed E-state index contributed by atoms with van der Waals surface area (Å²) < 4.78 is 0.944. The first-order valence-electron chi connectivity index (χ1n) is 3.25. The highest BCUT2D eigenvalue weighted by Crippen LogP contribution is 1.89. The summed E-state index contributed by atoms with van der Waals surface area (Å²) in [6.45, 7) is 1.95. The van der Waals surface area contributed by atoms with Crippen molar-refractivity contribution < 1.29 is 9.90 Å². The van der Waals surface area contributed by atoms with Crippen LogP contribution in [0.25, 0.3) is 0 Å². The maximum Gasteiger partial charge on any atom is 0.0414 e. The van der Waals surface area contributed by atoms with Gasteiger partial charge in [-0.1, -0.05) is 13.3 Å². The maximum absolute atomic E-state index is 9.65. The predicted molar refractivity (Wildman–Crippen MR) is 44.0 cm³/mol. The molecule has 0 aromatic heterocycles. The molecular formula is C6H12Cl2NO2-. The van der Waals surface area contributed by atoms with Gasteiger partial charge in [-0.2, -0.15) is 0 Å². The highest BCUT2D eigenvalue weighted by molar-refractivity contribution is 6.33. The molecule has 0 fully saturated rings. The SMILES string of the molecule is CCCCC(=O)[O-].CN(Cl)Cl. The van der Waals surface area contributed by atoms with Gasteiger partial charge in [-0.05, 0) is 36.4 Å². The number of hydrogen-bond donors (Lipinski definition) is 0. The van der Waals surface area contributed by atoms with E-state index in [-0.39, 0.29) is 6.42 Å². The van der Waals surface area contributed by atoms with Crippen LogP contribution in [-0.4, -0.2) is 17.0 Å². The summed E-state index contributed by atoms with van der Waals surface area (Å²) >= 11 is 9.75. The average Bonchev–Trinajstić information content (AvgIpc) is 1.82. The van der Waals surface area contributed by atoms with E-state index in [1.807, 2.05) is 6.92 Å². The van der Waals surface area contributed by atoms with Crippen LogP contribution in [0.3, 0.4) is 0 Å². The number of hydrogen-bond acceptors (Lipinski definition) is 3. The van der Waals surface area contributed by atoms with E-state index in [0.29, 0.717) is 0 Å². The molecule has 0 N–H and O–H groups in total. The Labute approximate surface area is 77.1 Å². The van der Waals surface area contributed by atoms with Gasteiger partial charge in [0, 0.05) is 13.0 Å². The molecule has 3 nitrogen and oxygen atoms in total. The first-order chi connectivity index (χ1) is 5.00. The molecule has 0 bridgehead atoms. The zero-order valence-electron chi connectivity index (χ0n) is 6.64. The molecule has 0 aliphatic rings. The van der Waals surface area contributed by atoms with Crippen LogP contribution in [0.2, 0.25) is 0 Å². The van der Waals surface area contributed by atoms with Crippen molar-refractivity contribution in [3.8, 4) is 0 Å². The number of carbonyl (C=O) groups is 1. The number of rotatable bonds is 3. The van der Waals surface area contributed by atoms with Crippen LogP contribution in [0.5, 0.6) is 0 Å². The van der Waals surface area contributed by atoms with Crippen molar-refractivity contribution in [2.45, 2.75) is 26.2 Å². The van der Waals surface area contributed by atoms with Gasteiger partial charge < -0.3 is 9.90 Å². The quantitative estimate of drug-likeness (QED) is 0.643. The van der Waals surface area contributed by atoms with E-state index in [0.717, 1.165) is 16.8 Å². The van der Waals surface area contributed by atoms with Gasteiger partial charge in [0.25, 0.3) is 0 Å². The molecule has 0 heterocycles. The van der Waals surface area contributed by atoms with Crippen LogP contribution >= 0.6 is 23.6 Å². The van der Waals surface area contributed by atoms with E-state index < -0.39 is 5.97 Å². The molecule has 0 saturated carbocycles. The van der Waals surface area contributed by atoms with Gasteiger partial charge in [-0.3, -0.25) is 0 Å². The Morgan fingerprint density at radius 1 is 1.55 bits per heavy atom. The minimum Gasteiger partial charge on any atom is -0.550 e. The molecule has 0 aromatic rings. The number of carboxylic acid groups (broad SMARTS) is 1. The van der Waals surface area contributed by atoms with Crippen molar-refractivity contribution in [2.24, 2.45) is 0 Å². The third-order valence-electron chi connectivity index (χ3n) is 0.734. The van der Waals surface area contributed by atoms with Crippen molar-refractivity contribution in [2.75, 3.05) is 7.05 Å². The average molecular weight is 201 g/mol. The van der Waals surface area contributed by atoms with E-state index in [4.69, 9.17) is 23.6 Å². The molecule has 0 aromatic carbocycles. The molecule has 0 unspecified atom stereocenters. The number of halogens is 2. The molecule has 0 amide bonds. The van der Waals surface area contributed by atoms with Crippen molar-refractivity contribution >= 4 is 29.5 Å². The molecule has 5 heteroatoms. The van der Waals surface area contributed by atoms with Crippen molar-refractivity contribution in [3.63, 3.8) is 0 Å². The summed E-state index contributed by atoms with van der Waals surface area (Å²) in [5, 5.41) is 9.65. The molecule has 68 valence electrons. The van der Waals surface area contributed by atoms with Gasteiger partial charge >= 0.3 is 0 Å². The van der Waals surface area contributed by atoms with Crippen molar-refractivity contribution in [1.82, 2.24) is 3.94 Å². The molecule has 0 radical (unpaired) electrons. The van der Waals surface area contributed by atoms with Crippen molar-refractivity contribution in [1.29, 1.82) is 0 Å².